The van der Waals surface area contributed by atoms with E-state index in [2.05, 4.69) is 5.32 Å². The Kier molecular flexibility index (Phi) is 5.41. The van der Waals surface area contributed by atoms with Crippen molar-refractivity contribution < 1.29 is 9.59 Å². The summed E-state index contributed by atoms with van der Waals surface area (Å²) < 4.78 is 0. The van der Waals surface area contributed by atoms with Gasteiger partial charge in [-0.25, -0.2) is 0 Å². The largest absolute Gasteiger partial charge is 0.353 e. The van der Waals surface area contributed by atoms with E-state index in [1.807, 2.05) is 11.8 Å². The maximum absolute atomic E-state index is 11.6. The van der Waals surface area contributed by atoms with Gasteiger partial charge in [-0.05, 0) is 19.3 Å². The minimum atomic E-state index is -0.0488. The maximum Gasteiger partial charge on any atom is 0.221 e. The second-order valence-electron chi connectivity index (χ2n) is 4.72. The maximum atomic E-state index is 11.6. The van der Waals surface area contributed by atoms with Gasteiger partial charge in [0.15, 0.2) is 0 Å². The number of likely N-dealkylation sites (tertiary alicyclic amines) is 1. The second-order valence-corrected chi connectivity index (χ2v) is 4.72. The molecule has 0 aromatic carbocycles. The van der Waals surface area contributed by atoms with Gasteiger partial charge >= 0.3 is 0 Å². The molecule has 0 aromatic heterocycles. The van der Waals surface area contributed by atoms with Crippen molar-refractivity contribution in [3.8, 4) is 0 Å². The van der Waals surface area contributed by atoms with E-state index in [-0.39, 0.29) is 23.9 Å². The van der Waals surface area contributed by atoms with Crippen molar-refractivity contribution in [1.82, 2.24) is 10.2 Å². The van der Waals surface area contributed by atoms with Gasteiger partial charge in [0.25, 0.3) is 0 Å². The molecule has 3 N–H and O–H groups in total. The van der Waals surface area contributed by atoms with Crippen LogP contribution in [0.1, 0.15) is 39.5 Å². The Balaban J connectivity index is 2.26. The fraction of sp³-hybridized carbons (Fsp3) is 0.833. The quantitative estimate of drug-likeness (QED) is 0.740. The van der Waals surface area contributed by atoms with Gasteiger partial charge in [-0.1, -0.05) is 6.92 Å². The molecule has 1 saturated heterocycles. The summed E-state index contributed by atoms with van der Waals surface area (Å²) in [6.07, 6.45) is 2.89. The van der Waals surface area contributed by atoms with Gasteiger partial charge in [0.05, 0.1) is 0 Å². The average molecular weight is 241 g/mol. The van der Waals surface area contributed by atoms with Crippen LogP contribution in [0.3, 0.4) is 0 Å². The molecule has 5 heteroatoms. The van der Waals surface area contributed by atoms with Gasteiger partial charge in [-0.15, -0.1) is 0 Å². The van der Waals surface area contributed by atoms with Crippen LogP contribution >= 0.6 is 0 Å². The Morgan fingerprint density at radius 3 is 2.47 bits per heavy atom. The molecule has 0 aromatic rings. The van der Waals surface area contributed by atoms with E-state index in [1.54, 1.807) is 6.92 Å². The molecule has 0 aliphatic carbocycles. The van der Waals surface area contributed by atoms with E-state index < -0.39 is 0 Å². The van der Waals surface area contributed by atoms with E-state index in [1.165, 1.54) is 0 Å². The summed E-state index contributed by atoms with van der Waals surface area (Å²) in [6.45, 7) is 5.03. The zero-order valence-corrected chi connectivity index (χ0v) is 10.7. The first-order chi connectivity index (χ1) is 8.02. The van der Waals surface area contributed by atoms with Crippen molar-refractivity contribution >= 4 is 11.8 Å². The van der Waals surface area contributed by atoms with Crippen molar-refractivity contribution in [2.24, 2.45) is 5.73 Å². The highest BCUT2D eigenvalue weighted by atomic mass is 16.2. The molecular weight excluding hydrogens is 218 g/mol. The number of rotatable bonds is 4. The van der Waals surface area contributed by atoms with E-state index in [0.717, 1.165) is 32.4 Å². The topological polar surface area (TPSA) is 75.4 Å². The summed E-state index contributed by atoms with van der Waals surface area (Å²) in [4.78, 5) is 24.6. The highest BCUT2D eigenvalue weighted by Crippen LogP contribution is 2.10. The number of carbonyl (C=O) groups is 2. The molecule has 1 unspecified atom stereocenters. The molecule has 1 aliphatic heterocycles. The summed E-state index contributed by atoms with van der Waals surface area (Å²) in [6, 6.07) is 0.148. The fourth-order valence-corrected chi connectivity index (χ4v) is 2.01. The number of nitrogens with zero attached hydrogens (tertiary/aromatic N) is 1. The molecule has 1 rings (SSSR count). The first-order valence-corrected chi connectivity index (χ1v) is 6.33. The summed E-state index contributed by atoms with van der Waals surface area (Å²) in [5.74, 6) is 0.142. The van der Waals surface area contributed by atoms with Crippen molar-refractivity contribution in [1.29, 1.82) is 0 Å². The molecule has 1 aliphatic rings. The third-order valence-electron chi connectivity index (χ3n) is 3.28. The Morgan fingerprint density at radius 2 is 2.00 bits per heavy atom. The number of hydrogen-bond donors (Lipinski definition) is 2. The summed E-state index contributed by atoms with van der Waals surface area (Å²) in [7, 11) is 0. The third-order valence-corrected chi connectivity index (χ3v) is 3.28. The molecule has 5 nitrogen and oxygen atoms in total. The highest BCUT2D eigenvalue weighted by molar-refractivity contribution is 5.77. The van der Waals surface area contributed by atoms with Crippen LogP contribution in [0.2, 0.25) is 0 Å². The number of amides is 2. The summed E-state index contributed by atoms with van der Waals surface area (Å²) in [5.41, 5.74) is 5.73. The molecule has 1 atom stereocenters. The molecule has 1 heterocycles. The molecule has 98 valence electrons. The third kappa shape index (κ3) is 4.73. The standard InChI is InChI=1S/C12H23N3O2/c1-3-10(13)8-12(17)14-11-4-6-15(7-5-11)9(2)16/h10-11H,3-8,13H2,1-2H3,(H,14,17). The first kappa shape index (κ1) is 14.0. The Hall–Kier alpha value is -1.10. The van der Waals surface area contributed by atoms with Crippen LogP contribution in [0.25, 0.3) is 0 Å². The van der Waals surface area contributed by atoms with Gasteiger partial charge in [-0.2, -0.15) is 0 Å². The zero-order chi connectivity index (χ0) is 12.8. The van der Waals surface area contributed by atoms with Gasteiger partial charge in [-0.3, -0.25) is 9.59 Å². The smallest absolute Gasteiger partial charge is 0.221 e. The van der Waals surface area contributed by atoms with Crippen molar-refractivity contribution in [3.63, 3.8) is 0 Å². The number of piperidine rings is 1. The predicted molar refractivity (Wildman–Crippen MR) is 66.3 cm³/mol. The summed E-state index contributed by atoms with van der Waals surface area (Å²) in [5, 5.41) is 2.99. The van der Waals surface area contributed by atoms with Crippen LogP contribution in [0, 0.1) is 0 Å². The van der Waals surface area contributed by atoms with Gasteiger partial charge in [0, 0.05) is 38.5 Å². The lowest BCUT2D eigenvalue weighted by Crippen LogP contribution is -2.46. The molecule has 2 amide bonds. The van der Waals surface area contributed by atoms with Crippen LogP contribution in [-0.4, -0.2) is 41.9 Å². The van der Waals surface area contributed by atoms with Crippen LogP contribution in [0.4, 0.5) is 0 Å². The molecule has 0 saturated carbocycles. The van der Waals surface area contributed by atoms with Crippen molar-refractivity contribution in [2.75, 3.05) is 13.1 Å². The first-order valence-electron chi connectivity index (χ1n) is 6.33. The fourth-order valence-electron chi connectivity index (χ4n) is 2.01. The van der Waals surface area contributed by atoms with E-state index >= 15 is 0 Å². The van der Waals surface area contributed by atoms with E-state index in [9.17, 15) is 9.59 Å². The zero-order valence-electron chi connectivity index (χ0n) is 10.7. The average Bonchev–Trinajstić information content (AvgIpc) is 2.29. The molecule has 17 heavy (non-hydrogen) atoms. The SMILES string of the molecule is CCC(N)CC(=O)NC1CCN(C(C)=O)CC1. The van der Waals surface area contributed by atoms with Crippen LogP contribution in [-0.2, 0) is 9.59 Å². The van der Waals surface area contributed by atoms with Gasteiger partial charge in [0.1, 0.15) is 0 Å². The molecule has 1 fully saturated rings. The number of carbonyl (C=O) groups excluding carboxylic acids is 2. The van der Waals surface area contributed by atoms with Crippen LogP contribution < -0.4 is 11.1 Å². The van der Waals surface area contributed by atoms with E-state index in [4.69, 9.17) is 5.73 Å². The van der Waals surface area contributed by atoms with E-state index in [0.29, 0.717) is 6.42 Å². The summed E-state index contributed by atoms with van der Waals surface area (Å²) >= 11 is 0. The second kappa shape index (κ2) is 6.59. The lowest BCUT2D eigenvalue weighted by Gasteiger charge is -2.31. The van der Waals surface area contributed by atoms with Crippen LogP contribution in [0.15, 0.2) is 0 Å². The van der Waals surface area contributed by atoms with Crippen LogP contribution in [0.5, 0.6) is 0 Å². The Bertz CT molecular complexity index is 273. The Labute approximate surface area is 103 Å². The number of nitrogens with one attached hydrogen (secondary N) is 1. The normalized spacial score (nSPS) is 18.9. The lowest BCUT2D eigenvalue weighted by molar-refractivity contribution is -0.130. The number of hydrogen-bond acceptors (Lipinski definition) is 3. The minimum absolute atomic E-state index is 0.0284. The highest BCUT2D eigenvalue weighted by Gasteiger charge is 2.22. The molecule has 0 spiro atoms. The van der Waals surface area contributed by atoms with Gasteiger partial charge < -0.3 is 16.0 Å². The number of nitrogens with two attached hydrogens (primary N) is 1. The Morgan fingerprint density at radius 1 is 1.41 bits per heavy atom. The lowest BCUT2D eigenvalue weighted by atomic mass is 10.0. The monoisotopic (exact) mass is 241 g/mol. The minimum Gasteiger partial charge on any atom is -0.353 e. The predicted octanol–water partition coefficient (Wildman–Crippen LogP) is 0.241. The van der Waals surface area contributed by atoms with Gasteiger partial charge in [0.2, 0.25) is 11.8 Å². The van der Waals surface area contributed by atoms with Crippen molar-refractivity contribution in [3.05, 3.63) is 0 Å². The molecular formula is C12H23N3O2. The molecule has 0 bridgehead atoms. The van der Waals surface area contributed by atoms with Crippen molar-refractivity contribution in [2.45, 2.75) is 51.6 Å². The molecule has 0 radical (unpaired) electrons.